The summed E-state index contributed by atoms with van der Waals surface area (Å²) in [5.74, 6) is -0.668. The second-order valence-corrected chi connectivity index (χ2v) is 7.46. The number of hydrogen-bond donors (Lipinski definition) is 2. The van der Waals surface area contributed by atoms with E-state index in [1.807, 2.05) is 0 Å². The second kappa shape index (κ2) is 8.68. The minimum absolute atomic E-state index is 0.0286. The van der Waals surface area contributed by atoms with Crippen molar-refractivity contribution in [3.63, 3.8) is 0 Å². The van der Waals surface area contributed by atoms with E-state index in [4.69, 9.17) is 11.6 Å². The number of aromatic nitrogens is 2. The molecular formula is C19H22ClF2N5O. The van der Waals surface area contributed by atoms with Crippen molar-refractivity contribution in [3.8, 4) is 0 Å². The van der Waals surface area contributed by atoms with E-state index in [1.165, 1.54) is 18.2 Å². The van der Waals surface area contributed by atoms with Crippen molar-refractivity contribution in [2.24, 2.45) is 0 Å². The van der Waals surface area contributed by atoms with E-state index in [0.717, 1.165) is 31.9 Å². The Hall–Kier alpha value is -2.48. The third kappa shape index (κ3) is 4.86. The maximum absolute atomic E-state index is 13.7. The molecule has 1 fully saturated rings. The van der Waals surface area contributed by atoms with Crippen LogP contribution in [0.1, 0.15) is 36.0 Å². The first-order valence-electron chi connectivity index (χ1n) is 9.06. The fraction of sp³-hybridized carbons (Fsp3) is 0.421. The van der Waals surface area contributed by atoms with E-state index in [-0.39, 0.29) is 28.8 Å². The number of anilines is 2. The lowest BCUT2D eigenvalue weighted by Crippen LogP contribution is -2.40. The normalized spacial score (nSPS) is 19.2. The molecule has 1 aromatic carbocycles. The molecule has 1 saturated carbocycles. The number of amides is 1. The van der Waals surface area contributed by atoms with Gasteiger partial charge in [0.05, 0.1) is 11.2 Å². The van der Waals surface area contributed by atoms with Gasteiger partial charge in [0.15, 0.2) is 11.6 Å². The zero-order valence-electron chi connectivity index (χ0n) is 15.7. The molecule has 2 N–H and O–H groups in total. The molecule has 6 nitrogen and oxygen atoms in total. The first-order chi connectivity index (χ1) is 13.3. The molecule has 0 spiro atoms. The van der Waals surface area contributed by atoms with E-state index in [9.17, 15) is 13.6 Å². The molecule has 1 aliphatic rings. The van der Waals surface area contributed by atoms with Crippen LogP contribution in [0.4, 0.5) is 20.5 Å². The summed E-state index contributed by atoms with van der Waals surface area (Å²) in [5.41, 5.74) is 0.336. The van der Waals surface area contributed by atoms with Crippen LogP contribution in [0.25, 0.3) is 0 Å². The molecule has 1 heterocycles. The Morgan fingerprint density at radius 1 is 1.14 bits per heavy atom. The fourth-order valence-corrected chi connectivity index (χ4v) is 3.39. The summed E-state index contributed by atoms with van der Waals surface area (Å²) in [7, 11) is 3.44. The quantitative estimate of drug-likeness (QED) is 0.789. The maximum atomic E-state index is 13.7. The highest BCUT2D eigenvalue weighted by Gasteiger charge is 2.24. The van der Waals surface area contributed by atoms with Crippen molar-refractivity contribution in [2.45, 2.75) is 37.8 Å². The molecule has 1 aromatic heterocycles. The van der Waals surface area contributed by atoms with Gasteiger partial charge in [0, 0.05) is 31.7 Å². The first kappa shape index (κ1) is 20.3. The van der Waals surface area contributed by atoms with Crippen LogP contribution in [-0.4, -0.2) is 42.1 Å². The molecule has 28 heavy (non-hydrogen) atoms. The van der Waals surface area contributed by atoms with E-state index in [2.05, 4.69) is 20.6 Å². The Labute approximate surface area is 167 Å². The Kier molecular flexibility index (Phi) is 6.28. The lowest BCUT2D eigenvalue weighted by Gasteiger charge is -2.29. The maximum Gasteiger partial charge on any atom is 0.251 e. The van der Waals surface area contributed by atoms with Crippen LogP contribution in [-0.2, 0) is 0 Å². The van der Waals surface area contributed by atoms with Crippen molar-refractivity contribution in [1.82, 2.24) is 15.3 Å². The zero-order valence-corrected chi connectivity index (χ0v) is 16.4. The number of halogens is 3. The van der Waals surface area contributed by atoms with Crippen LogP contribution in [0, 0.1) is 11.6 Å². The summed E-state index contributed by atoms with van der Waals surface area (Å²) >= 11 is 5.74. The predicted molar refractivity (Wildman–Crippen MR) is 105 cm³/mol. The van der Waals surface area contributed by atoms with Gasteiger partial charge in [-0.25, -0.2) is 13.8 Å². The Morgan fingerprint density at radius 3 is 2.46 bits per heavy atom. The molecule has 0 atom stereocenters. The van der Waals surface area contributed by atoms with Gasteiger partial charge in [0.2, 0.25) is 5.95 Å². The molecule has 0 unspecified atom stereocenters. The third-order valence-electron chi connectivity index (χ3n) is 4.73. The fourth-order valence-electron chi connectivity index (χ4n) is 3.21. The van der Waals surface area contributed by atoms with Gasteiger partial charge in [-0.2, -0.15) is 4.98 Å². The number of carbonyl (C=O) groups excluding carboxylic acids is 1. The molecule has 150 valence electrons. The van der Waals surface area contributed by atoms with Gasteiger partial charge in [-0.1, -0.05) is 11.6 Å². The van der Waals surface area contributed by atoms with E-state index >= 15 is 0 Å². The highest BCUT2D eigenvalue weighted by molar-refractivity contribution is 6.31. The zero-order chi connectivity index (χ0) is 20.3. The van der Waals surface area contributed by atoms with Gasteiger partial charge < -0.3 is 15.5 Å². The summed E-state index contributed by atoms with van der Waals surface area (Å²) in [6.45, 7) is 0. The highest BCUT2D eigenvalue weighted by Crippen LogP contribution is 2.23. The van der Waals surface area contributed by atoms with Gasteiger partial charge in [-0.15, -0.1) is 0 Å². The number of nitrogens with zero attached hydrogens (tertiary/aromatic N) is 3. The lowest BCUT2D eigenvalue weighted by atomic mass is 9.91. The number of carbonyl (C=O) groups is 1. The number of nitrogens with one attached hydrogen (secondary N) is 2. The lowest BCUT2D eigenvalue weighted by molar-refractivity contribution is 0.0926. The summed E-state index contributed by atoms with van der Waals surface area (Å²) in [5, 5.41) is 6.13. The van der Waals surface area contributed by atoms with Gasteiger partial charge in [-0.3, -0.25) is 4.79 Å². The molecule has 0 saturated heterocycles. The average Bonchev–Trinajstić information content (AvgIpc) is 2.66. The SMILES string of the molecule is CN(C)c1nc(NC2CCC(NC(=O)c3ccc(F)c(Cl)c3)CC2)ncc1F. The van der Waals surface area contributed by atoms with Crippen molar-refractivity contribution < 1.29 is 13.6 Å². The van der Waals surface area contributed by atoms with Crippen molar-refractivity contribution in [2.75, 3.05) is 24.3 Å². The minimum atomic E-state index is -0.551. The average molecular weight is 410 g/mol. The topological polar surface area (TPSA) is 70.2 Å². The van der Waals surface area contributed by atoms with Crippen LogP contribution in [0.3, 0.4) is 0 Å². The standard InChI is InChI=1S/C19H22ClF2N5O/c1-27(2)17-16(22)10-23-19(26-17)25-13-6-4-12(5-7-13)24-18(28)11-3-8-15(21)14(20)9-11/h3,8-10,12-13H,4-7H2,1-2H3,(H,24,28)(H,23,25,26). The van der Waals surface area contributed by atoms with Gasteiger partial charge in [0.1, 0.15) is 5.82 Å². The molecule has 1 aliphatic carbocycles. The predicted octanol–water partition coefficient (Wildman–Crippen LogP) is 3.63. The van der Waals surface area contributed by atoms with Crippen molar-refractivity contribution >= 4 is 29.3 Å². The van der Waals surface area contributed by atoms with Crippen molar-refractivity contribution in [1.29, 1.82) is 0 Å². The number of rotatable bonds is 5. The molecule has 0 bridgehead atoms. The number of hydrogen-bond acceptors (Lipinski definition) is 5. The van der Waals surface area contributed by atoms with Gasteiger partial charge in [0.25, 0.3) is 5.91 Å². The van der Waals surface area contributed by atoms with Crippen LogP contribution in [0.15, 0.2) is 24.4 Å². The van der Waals surface area contributed by atoms with Gasteiger partial charge >= 0.3 is 0 Å². The van der Waals surface area contributed by atoms with Crippen LogP contribution < -0.4 is 15.5 Å². The van der Waals surface area contributed by atoms with Crippen LogP contribution in [0.2, 0.25) is 5.02 Å². The molecule has 0 radical (unpaired) electrons. The molecule has 2 aromatic rings. The Balaban J connectivity index is 1.52. The third-order valence-corrected chi connectivity index (χ3v) is 5.02. The first-order valence-corrected chi connectivity index (χ1v) is 9.43. The van der Waals surface area contributed by atoms with E-state index in [0.29, 0.717) is 11.5 Å². The summed E-state index contributed by atoms with van der Waals surface area (Å²) in [6.07, 6.45) is 4.34. The highest BCUT2D eigenvalue weighted by atomic mass is 35.5. The molecule has 9 heteroatoms. The molecule has 0 aliphatic heterocycles. The summed E-state index contributed by atoms with van der Waals surface area (Å²) in [6, 6.07) is 4.10. The van der Waals surface area contributed by atoms with Gasteiger partial charge in [-0.05, 0) is 43.9 Å². The Bertz CT molecular complexity index is 856. The van der Waals surface area contributed by atoms with Crippen LogP contribution in [0.5, 0.6) is 0 Å². The monoisotopic (exact) mass is 409 g/mol. The minimum Gasteiger partial charge on any atom is -0.360 e. The van der Waals surface area contributed by atoms with E-state index in [1.54, 1.807) is 19.0 Å². The number of benzene rings is 1. The smallest absolute Gasteiger partial charge is 0.251 e. The van der Waals surface area contributed by atoms with E-state index < -0.39 is 11.6 Å². The summed E-state index contributed by atoms with van der Waals surface area (Å²) < 4.78 is 26.9. The largest absolute Gasteiger partial charge is 0.360 e. The molecular weight excluding hydrogens is 388 g/mol. The van der Waals surface area contributed by atoms with Crippen LogP contribution >= 0.6 is 11.6 Å². The Morgan fingerprint density at radius 2 is 1.82 bits per heavy atom. The second-order valence-electron chi connectivity index (χ2n) is 7.05. The van der Waals surface area contributed by atoms with Crippen molar-refractivity contribution in [3.05, 3.63) is 46.6 Å². The summed E-state index contributed by atoms with van der Waals surface area (Å²) in [4.78, 5) is 22.1. The molecule has 1 amide bonds. The molecule has 3 rings (SSSR count).